The molecule has 2 nitrogen and oxygen atoms in total. The van der Waals surface area contributed by atoms with E-state index in [1.165, 1.54) is 6.92 Å². The molecule has 2 aromatic carbocycles. The monoisotopic (exact) mass is 400 g/mol. The zero-order valence-corrected chi connectivity index (χ0v) is 13.7. The van der Waals surface area contributed by atoms with Crippen LogP contribution in [0.1, 0.15) is 6.92 Å². The third-order valence-corrected chi connectivity index (χ3v) is 4.72. The number of benzene rings is 2. The third-order valence-electron chi connectivity index (χ3n) is 3.15. The molecule has 0 radical (unpaired) electrons. The van der Waals surface area contributed by atoms with Gasteiger partial charge in [0.05, 0.1) is 10.6 Å². The Morgan fingerprint density at radius 2 is 1.48 bits per heavy atom. The highest BCUT2D eigenvalue weighted by atomic mass is 35.5. The summed E-state index contributed by atoms with van der Waals surface area (Å²) in [5, 5.41) is 7.53. The molecule has 0 saturated heterocycles. The van der Waals surface area contributed by atoms with E-state index in [4.69, 9.17) is 16.7 Å². The molecule has 134 valence electrons. The predicted molar refractivity (Wildman–Crippen MR) is 79.6 cm³/mol. The van der Waals surface area contributed by atoms with Crippen LogP contribution in [0.25, 0.3) is 11.1 Å². The predicted octanol–water partition coefficient (Wildman–Crippen LogP) is 5.41. The van der Waals surface area contributed by atoms with Crippen LogP contribution >= 0.6 is 23.4 Å². The molecule has 25 heavy (non-hydrogen) atoms. The van der Waals surface area contributed by atoms with E-state index < -0.39 is 57.2 Å². The first kappa shape index (κ1) is 19.5. The minimum Gasteiger partial charge on any atom is -0.480 e. The van der Waals surface area contributed by atoms with Crippen molar-refractivity contribution >= 4 is 29.3 Å². The van der Waals surface area contributed by atoms with Gasteiger partial charge in [-0.2, -0.15) is 0 Å². The van der Waals surface area contributed by atoms with E-state index in [1.807, 2.05) is 0 Å². The number of aliphatic carboxylic acids is 1. The van der Waals surface area contributed by atoms with Gasteiger partial charge in [0.25, 0.3) is 0 Å². The van der Waals surface area contributed by atoms with Crippen molar-refractivity contribution in [1.82, 2.24) is 0 Å². The summed E-state index contributed by atoms with van der Waals surface area (Å²) in [4.78, 5) is 10.8. The van der Waals surface area contributed by atoms with E-state index >= 15 is 0 Å². The molecule has 0 aromatic heterocycles. The first-order chi connectivity index (χ1) is 11.6. The molecule has 0 aliphatic rings. The number of rotatable bonds is 4. The quantitative estimate of drug-likeness (QED) is 0.323. The lowest BCUT2D eigenvalue weighted by molar-refractivity contribution is -0.136. The molecule has 0 spiro atoms. The van der Waals surface area contributed by atoms with Crippen LogP contribution < -0.4 is 0 Å². The zero-order chi connectivity index (χ0) is 19.0. The summed E-state index contributed by atoms with van der Waals surface area (Å²) < 4.78 is 81.5. The Labute approximate surface area is 146 Å². The highest BCUT2D eigenvalue weighted by molar-refractivity contribution is 8.00. The lowest BCUT2D eigenvalue weighted by Crippen LogP contribution is -2.11. The van der Waals surface area contributed by atoms with Crippen LogP contribution in [0.5, 0.6) is 0 Å². The van der Waals surface area contributed by atoms with Crippen molar-refractivity contribution in [3.8, 4) is 11.1 Å². The Morgan fingerprint density at radius 1 is 1.00 bits per heavy atom. The lowest BCUT2D eigenvalue weighted by atomic mass is 10.0. The van der Waals surface area contributed by atoms with Crippen molar-refractivity contribution < 1.29 is 36.2 Å². The van der Waals surface area contributed by atoms with Gasteiger partial charge in [-0.1, -0.05) is 11.6 Å². The molecule has 0 heterocycles. The van der Waals surface area contributed by atoms with Gasteiger partial charge >= 0.3 is 5.97 Å². The van der Waals surface area contributed by atoms with Crippen LogP contribution in [-0.4, -0.2) is 16.3 Å². The fourth-order valence-electron chi connectivity index (χ4n) is 1.89. The summed E-state index contributed by atoms with van der Waals surface area (Å²) in [6, 6.07) is 1.34. The van der Waals surface area contributed by atoms with Gasteiger partial charge in [0.2, 0.25) is 5.82 Å². The van der Waals surface area contributed by atoms with E-state index in [-0.39, 0.29) is 9.92 Å². The van der Waals surface area contributed by atoms with Gasteiger partial charge in [0.1, 0.15) is 11.1 Å². The topological polar surface area (TPSA) is 37.3 Å². The summed E-state index contributed by atoms with van der Waals surface area (Å²) in [5.74, 6) is -13.8. The SMILES string of the molecule is C[C@@H](Sc1cc(-c2c(F)c(F)c(F)c(F)c2F)c(F)cc1Cl)C(=O)O. The van der Waals surface area contributed by atoms with Gasteiger partial charge in [-0.05, 0) is 19.1 Å². The zero-order valence-electron chi connectivity index (χ0n) is 12.1. The van der Waals surface area contributed by atoms with Gasteiger partial charge in [-0.3, -0.25) is 4.79 Å². The third kappa shape index (κ3) is 3.57. The number of carboxylic acid groups (broad SMARTS) is 1. The maximum absolute atomic E-state index is 14.1. The fourth-order valence-corrected chi connectivity index (χ4v) is 3.02. The van der Waals surface area contributed by atoms with Crippen molar-refractivity contribution in [1.29, 1.82) is 0 Å². The molecule has 1 N–H and O–H groups in total. The highest BCUT2D eigenvalue weighted by Crippen LogP contribution is 2.39. The molecule has 10 heteroatoms. The largest absolute Gasteiger partial charge is 0.480 e. The van der Waals surface area contributed by atoms with E-state index in [9.17, 15) is 31.1 Å². The minimum atomic E-state index is -2.37. The maximum atomic E-state index is 14.1. The van der Waals surface area contributed by atoms with Crippen molar-refractivity contribution in [2.75, 3.05) is 0 Å². The van der Waals surface area contributed by atoms with E-state index in [0.717, 1.165) is 6.07 Å². The van der Waals surface area contributed by atoms with Crippen molar-refractivity contribution in [2.24, 2.45) is 0 Å². The second-order valence-electron chi connectivity index (χ2n) is 4.81. The van der Waals surface area contributed by atoms with Gasteiger partial charge in [0, 0.05) is 10.5 Å². The Morgan fingerprint density at radius 3 is 1.96 bits per heavy atom. The standard InChI is InChI=1S/C15H7ClF6O2S/c1-4(15(23)24)25-8-2-5(7(17)3-6(8)16)9-10(18)12(20)14(22)13(21)11(9)19/h2-4H,1H3,(H,23,24)/t4-/m1/s1. The molecule has 0 fully saturated rings. The van der Waals surface area contributed by atoms with Crippen LogP contribution in [0.2, 0.25) is 5.02 Å². The first-order valence-electron chi connectivity index (χ1n) is 6.46. The molecule has 2 aromatic rings. The maximum Gasteiger partial charge on any atom is 0.316 e. The molecular weight excluding hydrogens is 394 g/mol. The fraction of sp³-hybridized carbons (Fsp3) is 0.133. The molecule has 0 unspecified atom stereocenters. The van der Waals surface area contributed by atoms with Crippen LogP contribution in [0.3, 0.4) is 0 Å². The Hall–Kier alpha value is -1.87. The van der Waals surface area contributed by atoms with Crippen molar-refractivity contribution in [2.45, 2.75) is 17.1 Å². The van der Waals surface area contributed by atoms with E-state index in [0.29, 0.717) is 17.8 Å². The van der Waals surface area contributed by atoms with Crippen LogP contribution in [-0.2, 0) is 4.79 Å². The van der Waals surface area contributed by atoms with E-state index in [2.05, 4.69) is 0 Å². The first-order valence-corrected chi connectivity index (χ1v) is 7.72. The van der Waals surface area contributed by atoms with Gasteiger partial charge in [0.15, 0.2) is 23.3 Å². The molecule has 0 bridgehead atoms. The highest BCUT2D eigenvalue weighted by Gasteiger charge is 2.29. The molecule has 0 saturated carbocycles. The van der Waals surface area contributed by atoms with Gasteiger partial charge in [-0.25, -0.2) is 26.3 Å². The average Bonchev–Trinajstić information content (AvgIpc) is 2.54. The number of hydrogen-bond acceptors (Lipinski definition) is 2. The lowest BCUT2D eigenvalue weighted by Gasteiger charge is -2.13. The number of halogens is 7. The number of carbonyl (C=O) groups is 1. The van der Waals surface area contributed by atoms with Gasteiger partial charge < -0.3 is 5.11 Å². The molecule has 2 rings (SSSR count). The van der Waals surface area contributed by atoms with Gasteiger partial charge in [-0.15, -0.1) is 11.8 Å². The summed E-state index contributed by atoms with van der Waals surface area (Å²) >= 11 is 6.37. The van der Waals surface area contributed by atoms with Crippen LogP contribution in [0.15, 0.2) is 17.0 Å². The molecular formula is C15H7ClF6O2S. The number of hydrogen-bond donors (Lipinski definition) is 1. The average molecular weight is 401 g/mol. The Balaban J connectivity index is 2.71. The number of carboxylic acids is 1. The normalized spacial score (nSPS) is 12.3. The van der Waals surface area contributed by atoms with Crippen molar-refractivity contribution in [3.05, 3.63) is 52.1 Å². The van der Waals surface area contributed by atoms with E-state index in [1.54, 1.807) is 0 Å². The summed E-state index contributed by atoms with van der Waals surface area (Å²) in [5.41, 5.74) is -2.40. The van der Waals surface area contributed by atoms with Crippen LogP contribution in [0.4, 0.5) is 26.3 Å². The summed E-state index contributed by atoms with van der Waals surface area (Å²) in [6.07, 6.45) is 0. The molecule has 1 atom stereocenters. The Kier molecular flexibility index (Phi) is 5.58. The molecule has 0 aliphatic heterocycles. The minimum absolute atomic E-state index is 0.100. The van der Waals surface area contributed by atoms with Crippen LogP contribution in [0, 0.1) is 34.9 Å². The second kappa shape index (κ2) is 7.17. The smallest absolute Gasteiger partial charge is 0.316 e. The molecule has 0 aliphatic carbocycles. The van der Waals surface area contributed by atoms with Crippen molar-refractivity contribution in [3.63, 3.8) is 0 Å². The summed E-state index contributed by atoms with van der Waals surface area (Å²) in [6.45, 7) is 1.27. The number of thioether (sulfide) groups is 1. The summed E-state index contributed by atoms with van der Waals surface area (Å²) in [7, 11) is 0. The second-order valence-corrected chi connectivity index (χ2v) is 6.60. The Bertz CT molecular complexity index is 845. The molecule has 0 amide bonds.